The zero-order chi connectivity index (χ0) is 19.8. The van der Waals surface area contributed by atoms with E-state index in [1.165, 1.54) is 0 Å². The molecule has 1 aromatic heterocycles. The van der Waals surface area contributed by atoms with E-state index >= 15 is 0 Å². The highest BCUT2D eigenvalue weighted by Gasteiger charge is 2.31. The predicted molar refractivity (Wildman–Crippen MR) is 117 cm³/mol. The molecule has 0 atom stereocenters. The van der Waals surface area contributed by atoms with Crippen LogP contribution in [0.15, 0.2) is 59.7 Å². The van der Waals surface area contributed by atoms with E-state index in [9.17, 15) is 0 Å². The molecule has 0 saturated carbocycles. The Morgan fingerprint density at radius 2 is 2.03 bits per heavy atom. The molecule has 3 aromatic rings. The molecule has 5 rings (SSSR count). The van der Waals surface area contributed by atoms with Crippen molar-refractivity contribution in [1.82, 2.24) is 9.97 Å². The zero-order valence-electron chi connectivity index (χ0n) is 15.8. The third-order valence-electron chi connectivity index (χ3n) is 4.92. The van der Waals surface area contributed by atoms with Crippen molar-refractivity contribution in [3.8, 4) is 5.75 Å². The Bertz CT molecular complexity index is 1160. The van der Waals surface area contributed by atoms with Gasteiger partial charge in [-0.15, -0.1) is 0 Å². The van der Waals surface area contributed by atoms with E-state index in [1.54, 1.807) is 7.11 Å². The first kappa shape index (κ1) is 17.7. The van der Waals surface area contributed by atoms with Crippen LogP contribution >= 0.6 is 11.6 Å². The molecule has 0 fully saturated rings. The van der Waals surface area contributed by atoms with Gasteiger partial charge in [-0.05, 0) is 24.3 Å². The summed E-state index contributed by atoms with van der Waals surface area (Å²) in [5.41, 5.74) is 3.77. The SMILES string of the molecule is COc1cccc(Nc2ncc3c(n2)N2CCN=C2C(c2ccccc2Cl)=C3)c1. The van der Waals surface area contributed by atoms with Crippen LogP contribution in [0.25, 0.3) is 11.6 Å². The van der Waals surface area contributed by atoms with Crippen LogP contribution in [-0.4, -0.2) is 36.0 Å². The van der Waals surface area contributed by atoms with Crippen LogP contribution in [0.4, 0.5) is 17.5 Å². The fraction of sp³-hybridized carbons (Fsp3) is 0.136. The molecule has 0 saturated heterocycles. The number of ether oxygens (including phenoxy) is 1. The molecule has 2 aromatic carbocycles. The highest BCUT2D eigenvalue weighted by atomic mass is 35.5. The summed E-state index contributed by atoms with van der Waals surface area (Å²) in [4.78, 5) is 16.1. The number of fused-ring (bicyclic) bond motifs is 3. The van der Waals surface area contributed by atoms with E-state index in [2.05, 4.69) is 21.3 Å². The summed E-state index contributed by atoms with van der Waals surface area (Å²) in [6.07, 6.45) is 3.89. The molecule has 29 heavy (non-hydrogen) atoms. The topological polar surface area (TPSA) is 62.6 Å². The molecule has 0 bridgehead atoms. The van der Waals surface area contributed by atoms with Crippen molar-refractivity contribution in [1.29, 1.82) is 0 Å². The molecule has 0 aliphatic carbocycles. The highest BCUT2D eigenvalue weighted by molar-refractivity contribution is 6.40. The van der Waals surface area contributed by atoms with Crippen LogP contribution in [0, 0.1) is 0 Å². The summed E-state index contributed by atoms with van der Waals surface area (Å²) < 4.78 is 5.28. The number of nitrogens with one attached hydrogen (secondary N) is 1. The van der Waals surface area contributed by atoms with Crippen LogP contribution in [0.5, 0.6) is 5.75 Å². The van der Waals surface area contributed by atoms with Gasteiger partial charge < -0.3 is 15.0 Å². The van der Waals surface area contributed by atoms with Crippen molar-refractivity contribution < 1.29 is 4.74 Å². The number of hydrogen-bond donors (Lipinski definition) is 1. The number of methoxy groups -OCH3 is 1. The third kappa shape index (κ3) is 3.21. The first-order valence-corrected chi connectivity index (χ1v) is 9.68. The number of rotatable bonds is 4. The van der Waals surface area contributed by atoms with Gasteiger partial charge in [0.15, 0.2) is 0 Å². The highest BCUT2D eigenvalue weighted by Crippen LogP contribution is 2.37. The van der Waals surface area contributed by atoms with Crippen molar-refractivity contribution >= 4 is 46.5 Å². The second-order valence-corrected chi connectivity index (χ2v) is 7.13. The zero-order valence-corrected chi connectivity index (χ0v) is 16.5. The molecule has 0 radical (unpaired) electrons. The van der Waals surface area contributed by atoms with E-state index in [0.717, 1.165) is 52.9 Å². The van der Waals surface area contributed by atoms with Crippen molar-refractivity contribution in [2.45, 2.75) is 0 Å². The number of anilines is 3. The summed E-state index contributed by atoms with van der Waals surface area (Å²) in [7, 11) is 1.64. The van der Waals surface area contributed by atoms with Crippen molar-refractivity contribution in [3.05, 3.63) is 70.9 Å². The molecular formula is C22H18ClN5O. The van der Waals surface area contributed by atoms with Crippen LogP contribution in [0.1, 0.15) is 11.1 Å². The quantitative estimate of drug-likeness (QED) is 0.686. The number of aliphatic imine (C=N–C) groups is 1. The van der Waals surface area contributed by atoms with Gasteiger partial charge >= 0.3 is 0 Å². The first-order valence-electron chi connectivity index (χ1n) is 9.30. The van der Waals surface area contributed by atoms with Gasteiger partial charge in [-0.3, -0.25) is 4.99 Å². The number of aromatic nitrogens is 2. The maximum absolute atomic E-state index is 6.45. The van der Waals surface area contributed by atoms with Gasteiger partial charge in [-0.1, -0.05) is 35.9 Å². The molecule has 0 spiro atoms. The van der Waals surface area contributed by atoms with Crippen LogP contribution in [0.2, 0.25) is 5.02 Å². The molecule has 1 N–H and O–H groups in total. The van der Waals surface area contributed by atoms with Gasteiger partial charge in [0.05, 0.1) is 13.7 Å². The minimum absolute atomic E-state index is 0.526. The minimum atomic E-state index is 0.526. The summed E-state index contributed by atoms with van der Waals surface area (Å²) in [5, 5.41) is 3.95. The summed E-state index contributed by atoms with van der Waals surface area (Å²) >= 11 is 6.45. The number of hydrogen-bond acceptors (Lipinski definition) is 6. The molecule has 7 heteroatoms. The van der Waals surface area contributed by atoms with Gasteiger partial charge in [0.1, 0.15) is 17.4 Å². The molecular weight excluding hydrogens is 386 g/mol. The van der Waals surface area contributed by atoms with Crippen LogP contribution in [0.3, 0.4) is 0 Å². The van der Waals surface area contributed by atoms with Crippen molar-refractivity contribution in [2.24, 2.45) is 4.99 Å². The third-order valence-corrected chi connectivity index (χ3v) is 5.25. The summed E-state index contributed by atoms with van der Waals surface area (Å²) in [6.45, 7) is 1.50. The molecule has 0 amide bonds. The van der Waals surface area contributed by atoms with Crippen molar-refractivity contribution in [3.63, 3.8) is 0 Å². The smallest absolute Gasteiger partial charge is 0.229 e. The second kappa shape index (κ2) is 7.22. The van der Waals surface area contributed by atoms with Crippen molar-refractivity contribution in [2.75, 3.05) is 30.4 Å². The first-order chi connectivity index (χ1) is 14.2. The largest absolute Gasteiger partial charge is 0.497 e. The van der Waals surface area contributed by atoms with E-state index < -0.39 is 0 Å². The average molecular weight is 404 g/mol. The lowest BCUT2D eigenvalue weighted by Gasteiger charge is -2.27. The summed E-state index contributed by atoms with van der Waals surface area (Å²) in [6, 6.07) is 15.5. The molecule has 144 valence electrons. The Labute approximate surface area is 173 Å². The van der Waals surface area contributed by atoms with Gasteiger partial charge in [0, 0.05) is 46.2 Å². The summed E-state index contributed by atoms with van der Waals surface area (Å²) in [5.74, 6) is 3.04. The standard InChI is InChI=1S/C22H18ClN5O/c1-29-16-6-4-5-15(12-16)26-22-25-13-14-11-18(17-7-2-3-8-19(17)23)21-24-9-10-28(21)20(14)27-22/h2-8,11-13H,9-10H2,1H3,(H,25,26,27). The number of benzene rings is 2. The molecule has 0 unspecified atom stereocenters. The van der Waals surface area contributed by atoms with Crippen LogP contribution < -0.4 is 15.0 Å². The normalized spacial score (nSPS) is 14.6. The van der Waals surface area contributed by atoms with Crippen LogP contribution in [-0.2, 0) is 0 Å². The van der Waals surface area contributed by atoms with E-state index in [1.807, 2.05) is 54.7 Å². The molecule has 6 nitrogen and oxygen atoms in total. The molecule has 3 heterocycles. The Morgan fingerprint density at radius 3 is 2.90 bits per heavy atom. The average Bonchev–Trinajstić information content (AvgIpc) is 3.24. The maximum atomic E-state index is 6.45. The second-order valence-electron chi connectivity index (χ2n) is 6.72. The lowest BCUT2D eigenvalue weighted by atomic mass is 9.98. The van der Waals surface area contributed by atoms with Gasteiger partial charge in [0.25, 0.3) is 0 Å². The fourth-order valence-electron chi connectivity index (χ4n) is 3.57. The Balaban J connectivity index is 1.54. The van der Waals surface area contributed by atoms with E-state index in [4.69, 9.17) is 26.3 Å². The number of nitrogens with zero attached hydrogens (tertiary/aromatic N) is 4. The molecule has 2 aliphatic heterocycles. The lowest BCUT2D eigenvalue weighted by Crippen LogP contribution is -2.32. The Hall–Kier alpha value is -3.38. The number of amidine groups is 1. The number of halogens is 1. The minimum Gasteiger partial charge on any atom is -0.497 e. The van der Waals surface area contributed by atoms with Gasteiger partial charge in [0.2, 0.25) is 5.95 Å². The Morgan fingerprint density at radius 1 is 1.14 bits per heavy atom. The Kier molecular flexibility index (Phi) is 4.41. The fourth-order valence-corrected chi connectivity index (χ4v) is 3.81. The maximum Gasteiger partial charge on any atom is 0.229 e. The lowest BCUT2D eigenvalue weighted by molar-refractivity contribution is 0.415. The molecule has 2 aliphatic rings. The van der Waals surface area contributed by atoms with E-state index in [0.29, 0.717) is 11.0 Å². The van der Waals surface area contributed by atoms with Gasteiger partial charge in [-0.2, -0.15) is 4.98 Å². The van der Waals surface area contributed by atoms with E-state index in [-0.39, 0.29) is 0 Å². The van der Waals surface area contributed by atoms with Gasteiger partial charge in [-0.25, -0.2) is 4.98 Å². The predicted octanol–water partition coefficient (Wildman–Crippen LogP) is 4.65. The monoisotopic (exact) mass is 403 g/mol.